The van der Waals surface area contributed by atoms with Crippen LogP contribution in [-0.2, 0) is 0 Å². The van der Waals surface area contributed by atoms with E-state index in [1.165, 1.54) is 6.07 Å². The van der Waals surface area contributed by atoms with E-state index in [2.05, 4.69) is 0 Å². The van der Waals surface area contributed by atoms with Crippen LogP contribution in [0.2, 0.25) is 0 Å². The number of H-pyrrole nitrogens is 1. The number of ether oxygens (including phenoxy) is 1. The van der Waals surface area contributed by atoms with Crippen molar-refractivity contribution in [2.24, 2.45) is 0 Å². The van der Waals surface area contributed by atoms with Gasteiger partial charge in [-0.25, -0.2) is 14.0 Å². The van der Waals surface area contributed by atoms with Gasteiger partial charge in [-0.05, 0) is 24.6 Å². The second-order valence-corrected chi connectivity index (χ2v) is 4.71. The van der Waals surface area contributed by atoms with Gasteiger partial charge in [0.15, 0.2) is 0 Å². The number of aromatic carboxylic acids is 2. The second kappa shape index (κ2) is 6.41. The number of halogens is 1. The summed E-state index contributed by atoms with van der Waals surface area (Å²) in [7, 11) is 0. The molecular weight excluding hydrogens is 323 g/mol. The second-order valence-electron chi connectivity index (χ2n) is 4.71. The van der Waals surface area contributed by atoms with Gasteiger partial charge in [0.25, 0.3) is 5.56 Å². The number of hydrogen-bond acceptors (Lipinski definition) is 5. The molecular formula is C15H13FN2O6. The number of nitrogens with one attached hydrogen (secondary N) is 1. The highest BCUT2D eigenvalue weighted by Gasteiger charge is 2.27. The average molecular weight is 336 g/mol. The van der Waals surface area contributed by atoms with Gasteiger partial charge in [0, 0.05) is 11.6 Å². The van der Waals surface area contributed by atoms with Crippen LogP contribution in [0.25, 0.3) is 11.1 Å². The summed E-state index contributed by atoms with van der Waals surface area (Å²) in [5, 5.41) is 18.6. The van der Waals surface area contributed by atoms with Crippen LogP contribution >= 0.6 is 0 Å². The van der Waals surface area contributed by atoms with Gasteiger partial charge in [-0.2, -0.15) is 0 Å². The zero-order valence-electron chi connectivity index (χ0n) is 12.4. The number of rotatable bonds is 5. The van der Waals surface area contributed by atoms with Crippen LogP contribution in [0, 0.1) is 5.82 Å². The number of nitrogens with two attached hydrogens (primary N) is 1. The minimum Gasteiger partial charge on any atom is -0.494 e. The van der Waals surface area contributed by atoms with Crippen LogP contribution in [0.4, 0.5) is 10.2 Å². The Hall–Kier alpha value is -3.36. The molecule has 5 N–H and O–H groups in total. The summed E-state index contributed by atoms with van der Waals surface area (Å²) in [6, 6.07) is 3.18. The van der Waals surface area contributed by atoms with Crippen molar-refractivity contribution in [1.29, 1.82) is 0 Å². The number of hydrogen-bond donors (Lipinski definition) is 4. The molecule has 126 valence electrons. The first kappa shape index (κ1) is 17.0. The summed E-state index contributed by atoms with van der Waals surface area (Å²) >= 11 is 0. The fourth-order valence-electron chi connectivity index (χ4n) is 2.29. The molecule has 0 aliphatic carbocycles. The Morgan fingerprint density at radius 3 is 2.38 bits per heavy atom. The lowest BCUT2D eigenvalue weighted by molar-refractivity contribution is 0.0695. The predicted octanol–water partition coefficient (Wildman–Crippen LogP) is 1.56. The van der Waals surface area contributed by atoms with E-state index in [-0.39, 0.29) is 17.9 Å². The molecule has 2 aromatic rings. The van der Waals surface area contributed by atoms with E-state index in [4.69, 9.17) is 10.5 Å². The lowest BCUT2D eigenvalue weighted by atomic mass is 9.95. The van der Waals surface area contributed by atoms with Gasteiger partial charge < -0.3 is 25.7 Å². The molecule has 0 bridgehead atoms. The topological polar surface area (TPSA) is 143 Å². The number of carboxylic acid groups (broad SMARTS) is 2. The number of carbonyl (C=O) groups is 2. The molecule has 0 fully saturated rings. The summed E-state index contributed by atoms with van der Waals surface area (Å²) in [4.78, 5) is 36.8. The van der Waals surface area contributed by atoms with E-state index in [1.54, 1.807) is 6.92 Å². The number of carboxylic acids is 2. The standard InChI is InChI=1S/C15H13FN2O6/c1-2-24-8-4-6(3-7(16)5-8)9-10(14(20)21)12(17)18-13(19)11(9)15(22)23/h3-5H,2H2,1H3,(H,20,21)(H,22,23)(H3,17,18,19). The third kappa shape index (κ3) is 3.05. The van der Waals surface area contributed by atoms with Crippen molar-refractivity contribution >= 4 is 17.8 Å². The zero-order valence-corrected chi connectivity index (χ0v) is 12.4. The van der Waals surface area contributed by atoms with E-state index >= 15 is 0 Å². The van der Waals surface area contributed by atoms with Gasteiger partial charge in [-0.3, -0.25) is 4.79 Å². The highest BCUT2D eigenvalue weighted by atomic mass is 19.1. The normalized spacial score (nSPS) is 10.4. The number of pyridine rings is 1. The zero-order chi connectivity index (χ0) is 18.0. The Morgan fingerprint density at radius 1 is 1.21 bits per heavy atom. The van der Waals surface area contributed by atoms with Crippen LogP contribution in [0.1, 0.15) is 27.6 Å². The molecule has 2 rings (SSSR count). The summed E-state index contributed by atoms with van der Waals surface area (Å²) < 4.78 is 19.0. The van der Waals surface area contributed by atoms with Crippen LogP contribution in [0.3, 0.4) is 0 Å². The summed E-state index contributed by atoms with van der Waals surface area (Å²) in [5.74, 6) is -4.50. The molecule has 0 saturated heterocycles. The summed E-state index contributed by atoms with van der Waals surface area (Å²) in [6.07, 6.45) is 0. The van der Waals surface area contributed by atoms with Crippen molar-refractivity contribution in [3.63, 3.8) is 0 Å². The first-order valence-electron chi connectivity index (χ1n) is 6.72. The molecule has 0 spiro atoms. The maximum absolute atomic E-state index is 13.8. The average Bonchev–Trinajstić information content (AvgIpc) is 2.45. The lowest BCUT2D eigenvalue weighted by Gasteiger charge is -2.13. The van der Waals surface area contributed by atoms with Crippen LogP contribution in [0.15, 0.2) is 23.0 Å². The summed E-state index contributed by atoms with van der Waals surface area (Å²) in [6.45, 7) is 1.86. The number of aromatic amines is 1. The Kier molecular flexibility index (Phi) is 4.54. The molecule has 0 aliphatic rings. The Bertz CT molecular complexity index is 890. The highest BCUT2D eigenvalue weighted by molar-refractivity contribution is 6.07. The number of aromatic nitrogens is 1. The van der Waals surface area contributed by atoms with Gasteiger partial charge in [-0.15, -0.1) is 0 Å². The number of benzene rings is 1. The minimum absolute atomic E-state index is 0.0547. The third-order valence-corrected chi connectivity index (χ3v) is 3.14. The first-order valence-corrected chi connectivity index (χ1v) is 6.72. The van der Waals surface area contributed by atoms with E-state index < -0.39 is 45.8 Å². The molecule has 0 aliphatic heterocycles. The van der Waals surface area contributed by atoms with Crippen molar-refractivity contribution in [1.82, 2.24) is 4.98 Å². The predicted molar refractivity (Wildman–Crippen MR) is 82.0 cm³/mol. The maximum atomic E-state index is 13.8. The minimum atomic E-state index is -1.67. The quantitative estimate of drug-likeness (QED) is 0.648. The number of anilines is 1. The fourth-order valence-corrected chi connectivity index (χ4v) is 2.29. The largest absolute Gasteiger partial charge is 0.494 e. The van der Waals surface area contributed by atoms with E-state index in [0.29, 0.717) is 0 Å². The van der Waals surface area contributed by atoms with E-state index in [0.717, 1.165) is 12.1 Å². The lowest BCUT2D eigenvalue weighted by Crippen LogP contribution is -2.24. The molecule has 1 aromatic carbocycles. The third-order valence-electron chi connectivity index (χ3n) is 3.14. The first-order chi connectivity index (χ1) is 11.3. The monoisotopic (exact) mass is 336 g/mol. The Balaban J connectivity index is 2.94. The molecule has 1 heterocycles. The van der Waals surface area contributed by atoms with Crippen LogP contribution in [0.5, 0.6) is 5.75 Å². The van der Waals surface area contributed by atoms with Crippen LogP contribution in [-0.4, -0.2) is 33.7 Å². The van der Waals surface area contributed by atoms with Gasteiger partial charge in [0.2, 0.25) is 0 Å². The summed E-state index contributed by atoms with van der Waals surface area (Å²) in [5.41, 5.74) is 2.29. The van der Waals surface area contributed by atoms with E-state index in [1.807, 2.05) is 4.98 Å². The molecule has 0 radical (unpaired) electrons. The molecule has 0 unspecified atom stereocenters. The molecule has 0 amide bonds. The van der Waals surface area contributed by atoms with Gasteiger partial charge >= 0.3 is 11.9 Å². The van der Waals surface area contributed by atoms with Crippen molar-refractivity contribution in [2.75, 3.05) is 12.3 Å². The van der Waals surface area contributed by atoms with Gasteiger partial charge in [0.05, 0.1) is 6.61 Å². The maximum Gasteiger partial charge on any atom is 0.342 e. The van der Waals surface area contributed by atoms with Crippen molar-refractivity contribution in [2.45, 2.75) is 6.92 Å². The van der Waals surface area contributed by atoms with E-state index in [9.17, 15) is 29.0 Å². The number of nitrogen functional groups attached to an aromatic ring is 1. The van der Waals surface area contributed by atoms with Gasteiger partial charge in [0.1, 0.15) is 28.5 Å². The van der Waals surface area contributed by atoms with Crippen molar-refractivity contribution < 1.29 is 28.9 Å². The van der Waals surface area contributed by atoms with Crippen molar-refractivity contribution in [3.8, 4) is 16.9 Å². The molecule has 24 heavy (non-hydrogen) atoms. The molecule has 0 saturated carbocycles. The smallest absolute Gasteiger partial charge is 0.342 e. The molecule has 8 nitrogen and oxygen atoms in total. The SMILES string of the molecule is CCOc1cc(F)cc(-c2c(C(=O)O)c(N)[nH]c(=O)c2C(=O)O)c1. The highest BCUT2D eigenvalue weighted by Crippen LogP contribution is 2.32. The molecule has 0 atom stereocenters. The van der Waals surface area contributed by atoms with Crippen molar-refractivity contribution in [3.05, 3.63) is 45.5 Å². The van der Waals surface area contributed by atoms with Crippen LogP contribution < -0.4 is 16.0 Å². The fraction of sp³-hybridized carbons (Fsp3) is 0.133. The molecule has 9 heteroatoms. The van der Waals surface area contributed by atoms with Gasteiger partial charge in [-0.1, -0.05) is 0 Å². The Morgan fingerprint density at radius 2 is 1.83 bits per heavy atom. The molecule has 1 aromatic heterocycles. The Labute approximate surface area is 134 Å².